The Morgan fingerprint density at radius 1 is 0.960 bits per heavy atom. The number of ether oxygens (including phenoxy) is 2. The molecule has 1 N–H and O–H groups in total. The number of hydrogen-bond acceptors (Lipinski definition) is 4. The molecule has 0 radical (unpaired) electrons. The number of anilines is 1. The quantitative estimate of drug-likeness (QED) is 0.888. The van der Waals surface area contributed by atoms with Gasteiger partial charge in [-0.25, -0.2) is 0 Å². The van der Waals surface area contributed by atoms with Gasteiger partial charge in [0.05, 0.1) is 0 Å². The summed E-state index contributed by atoms with van der Waals surface area (Å²) in [5, 5.41) is 9.34. The molecule has 0 atom stereocenters. The molecule has 0 saturated carbocycles. The number of phenols is 1. The van der Waals surface area contributed by atoms with Crippen molar-refractivity contribution in [2.24, 2.45) is 0 Å². The summed E-state index contributed by atoms with van der Waals surface area (Å²) in [6, 6.07) is 12.6. The molecule has 7 heteroatoms. The van der Waals surface area contributed by atoms with Gasteiger partial charge in [-0.1, -0.05) is 6.07 Å². The Morgan fingerprint density at radius 2 is 1.60 bits per heavy atom. The van der Waals surface area contributed by atoms with Gasteiger partial charge in [0.1, 0.15) is 23.4 Å². The standard InChI is InChI=1S/C18H18F3NO3/c19-18(20,21)25-17-3-1-2-16(12-17)24-15-8-10-22(11-9-15)13-4-6-14(23)7-5-13/h1-7,12,15,23H,8-11H2. The zero-order valence-corrected chi connectivity index (χ0v) is 13.4. The van der Waals surface area contributed by atoms with Crippen LogP contribution in [-0.4, -0.2) is 30.7 Å². The summed E-state index contributed by atoms with van der Waals surface area (Å²) in [6.07, 6.45) is -3.26. The van der Waals surface area contributed by atoms with Crippen LogP contribution >= 0.6 is 0 Å². The Labute approximate surface area is 143 Å². The molecule has 0 spiro atoms. The smallest absolute Gasteiger partial charge is 0.508 e. The van der Waals surface area contributed by atoms with E-state index in [4.69, 9.17) is 4.74 Å². The van der Waals surface area contributed by atoms with Gasteiger partial charge in [-0.2, -0.15) is 0 Å². The van der Waals surface area contributed by atoms with E-state index in [9.17, 15) is 18.3 Å². The van der Waals surface area contributed by atoms with E-state index in [-0.39, 0.29) is 17.6 Å². The maximum Gasteiger partial charge on any atom is 0.573 e. The highest BCUT2D eigenvalue weighted by Gasteiger charge is 2.31. The molecule has 3 rings (SSSR count). The van der Waals surface area contributed by atoms with Crippen molar-refractivity contribution >= 4 is 5.69 Å². The lowest BCUT2D eigenvalue weighted by Crippen LogP contribution is -2.38. The van der Waals surface area contributed by atoms with Gasteiger partial charge < -0.3 is 19.5 Å². The molecule has 1 aliphatic heterocycles. The third-order valence-electron chi connectivity index (χ3n) is 4.00. The summed E-state index contributed by atoms with van der Waals surface area (Å²) in [6.45, 7) is 1.54. The van der Waals surface area contributed by atoms with Gasteiger partial charge in [-0.05, 0) is 36.4 Å². The van der Waals surface area contributed by atoms with Crippen molar-refractivity contribution in [3.05, 3.63) is 48.5 Å². The van der Waals surface area contributed by atoms with Crippen LogP contribution in [0.25, 0.3) is 0 Å². The molecule has 4 nitrogen and oxygen atoms in total. The molecule has 0 unspecified atom stereocenters. The highest BCUT2D eigenvalue weighted by atomic mass is 19.4. The number of aromatic hydroxyl groups is 1. The molecule has 1 fully saturated rings. The van der Waals surface area contributed by atoms with Crippen LogP contribution in [0.3, 0.4) is 0 Å². The van der Waals surface area contributed by atoms with Crippen LogP contribution in [0.15, 0.2) is 48.5 Å². The van der Waals surface area contributed by atoms with Gasteiger partial charge in [-0.3, -0.25) is 0 Å². The predicted octanol–water partition coefficient (Wildman–Crippen LogP) is 4.34. The Bertz CT molecular complexity index is 695. The molecule has 1 aliphatic rings. The number of alkyl halides is 3. The molecule has 2 aromatic carbocycles. The zero-order valence-electron chi connectivity index (χ0n) is 13.4. The normalized spacial score (nSPS) is 15.9. The third-order valence-corrected chi connectivity index (χ3v) is 4.00. The van der Waals surface area contributed by atoms with E-state index in [0.717, 1.165) is 31.6 Å². The van der Waals surface area contributed by atoms with Crippen molar-refractivity contribution in [1.82, 2.24) is 0 Å². The van der Waals surface area contributed by atoms with Crippen LogP contribution in [-0.2, 0) is 0 Å². The fourth-order valence-corrected chi connectivity index (χ4v) is 2.83. The van der Waals surface area contributed by atoms with Gasteiger partial charge in [0.2, 0.25) is 0 Å². The maximum absolute atomic E-state index is 12.3. The molecule has 0 aliphatic carbocycles. The summed E-state index contributed by atoms with van der Waals surface area (Å²) in [4.78, 5) is 2.18. The lowest BCUT2D eigenvalue weighted by atomic mass is 10.1. The number of hydrogen-bond donors (Lipinski definition) is 1. The molecule has 25 heavy (non-hydrogen) atoms. The van der Waals surface area contributed by atoms with E-state index in [0.29, 0.717) is 5.75 Å². The Morgan fingerprint density at radius 3 is 2.24 bits per heavy atom. The number of phenolic OH excluding ortho intramolecular Hbond substituents is 1. The molecule has 1 heterocycles. The van der Waals surface area contributed by atoms with Crippen LogP contribution in [0.4, 0.5) is 18.9 Å². The first-order valence-corrected chi connectivity index (χ1v) is 7.95. The van der Waals surface area contributed by atoms with Gasteiger partial charge >= 0.3 is 6.36 Å². The van der Waals surface area contributed by atoms with Crippen molar-refractivity contribution in [2.45, 2.75) is 25.3 Å². The van der Waals surface area contributed by atoms with Gasteiger partial charge in [0, 0.05) is 37.7 Å². The van der Waals surface area contributed by atoms with Crippen LogP contribution < -0.4 is 14.4 Å². The molecule has 2 aromatic rings. The minimum atomic E-state index is -4.71. The van der Waals surface area contributed by atoms with E-state index in [1.807, 2.05) is 12.1 Å². The van der Waals surface area contributed by atoms with E-state index in [1.54, 1.807) is 18.2 Å². The lowest BCUT2D eigenvalue weighted by molar-refractivity contribution is -0.274. The van der Waals surface area contributed by atoms with E-state index in [2.05, 4.69) is 9.64 Å². The summed E-state index contributed by atoms with van der Waals surface area (Å²) in [7, 11) is 0. The van der Waals surface area contributed by atoms with Crippen molar-refractivity contribution < 1.29 is 27.8 Å². The summed E-state index contributed by atoms with van der Waals surface area (Å²) in [5.74, 6) is 0.305. The minimum absolute atomic E-state index is 0.0606. The SMILES string of the molecule is Oc1ccc(N2CCC(Oc3cccc(OC(F)(F)F)c3)CC2)cc1. The van der Waals surface area contributed by atoms with Crippen molar-refractivity contribution in [3.63, 3.8) is 0 Å². The molecular formula is C18H18F3NO3. The van der Waals surface area contributed by atoms with Crippen molar-refractivity contribution in [2.75, 3.05) is 18.0 Å². The van der Waals surface area contributed by atoms with E-state index >= 15 is 0 Å². The second-order valence-electron chi connectivity index (χ2n) is 5.84. The first kappa shape index (κ1) is 17.3. The Balaban J connectivity index is 1.55. The fraction of sp³-hybridized carbons (Fsp3) is 0.333. The Kier molecular flexibility index (Phi) is 4.92. The molecule has 0 amide bonds. The molecule has 1 saturated heterocycles. The highest BCUT2D eigenvalue weighted by Crippen LogP contribution is 2.28. The molecular weight excluding hydrogens is 335 g/mol. The topological polar surface area (TPSA) is 41.9 Å². The predicted molar refractivity (Wildman–Crippen MR) is 87.1 cm³/mol. The van der Waals surface area contributed by atoms with Gasteiger partial charge in [0.25, 0.3) is 0 Å². The second kappa shape index (κ2) is 7.13. The second-order valence-corrected chi connectivity index (χ2v) is 5.84. The monoisotopic (exact) mass is 353 g/mol. The zero-order chi connectivity index (χ0) is 17.9. The van der Waals surface area contributed by atoms with Crippen LogP contribution in [0, 0.1) is 0 Å². The van der Waals surface area contributed by atoms with Crippen molar-refractivity contribution in [3.8, 4) is 17.2 Å². The lowest BCUT2D eigenvalue weighted by Gasteiger charge is -2.33. The van der Waals surface area contributed by atoms with Crippen LogP contribution in [0.2, 0.25) is 0 Å². The molecule has 0 bridgehead atoms. The average Bonchev–Trinajstić information content (AvgIpc) is 2.55. The number of nitrogens with zero attached hydrogens (tertiary/aromatic N) is 1. The maximum atomic E-state index is 12.3. The number of piperidine rings is 1. The highest BCUT2D eigenvalue weighted by molar-refractivity contribution is 5.49. The van der Waals surface area contributed by atoms with E-state index < -0.39 is 6.36 Å². The first-order chi connectivity index (χ1) is 11.9. The van der Waals surface area contributed by atoms with Crippen molar-refractivity contribution in [1.29, 1.82) is 0 Å². The number of halogens is 3. The van der Waals surface area contributed by atoms with E-state index in [1.165, 1.54) is 18.2 Å². The Hall–Kier alpha value is -2.57. The van der Waals surface area contributed by atoms with Gasteiger partial charge in [-0.15, -0.1) is 13.2 Å². The largest absolute Gasteiger partial charge is 0.573 e. The third kappa shape index (κ3) is 4.95. The molecule has 0 aromatic heterocycles. The van der Waals surface area contributed by atoms with Crippen LogP contribution in [0.1, 0.15) is 12.8 Å². The minimum Gasteiger partial charge on any atom is -0.508 e. The van der Waals surface area contributed by atoms with Crippen LogP contribution in [0.5, 0.6) is 17.2 Å². The summed E-state index contributed by atoms with van der Waals surface area (Å²) < 4.78 is 46.5. The van der Waals surface area contributed by atoms with Gasteiger partial charge in [0.15, 0.2) is 0 Å². The average molecular weight is 353 g/mol. The summed E-state index contributed by atoms with van der Waals surface area (Å²) in [5.41, 5.74) is 1.02. The number of rotatable bonds is 4. The molecule has 134 valence electrons. The summed E-state index contributed by atoms with van der Waals surface area (Å²) >= 11 is 0. The fourth-order valence-electron chi connectivity index (χ4n) is 2.83. The first-order valence-electron chi connectivity index (χ1n) is 7.95. The number of benzene rings is 2.